The topological polar surface area (TPSA) is 101 Å². The molecule has 0 saturated heterocycles. The molecule has 0 fully saturated rings. The molecule has 8 nitrogen and oxygen atoms in total. The van der Waals surface area contributed by atoms with E-state index in [-0.39, 0.29) is 17.9 Å². The van der Waals surface area contributed by atoms with Gasteiger partial charge in [0.05, 0.1) is 12.2 Å². The number of H-pyrrole nitrogens is 1. The fourth-order valence-corrected chi connectivity index (χ4v) is 2.82. The monoisotopic (exact) mass is 401 g/mol. The van der Waals surface area contributed by atoms with E-state index < -0.39 is 23.9 Å². The van der Waals surface area contributed by atoms with Gasteiger partial charge in [-0.3, -0.25) is 4.79 Å². The van der Waals surface area contributed by atoms with Crippen molar-refractivity contribution < 1.29 is 23.9 Å². The molecular weight excluding hydrogens is 374 g/mol. The lowest BCUT2D eigenvalue weighted by Crippen LogP contribution is -2.30. The smallest absolute Gasteiger partial charge is 0.355 e. The van der Waals surface area contributed by atoms with Crippen molar-refractivity contribution in [1.82, 2.24) is 4.98 Å². The molecule has 2 N–H and O–H groups in total. The molecule has 0 aliphatic carbocycles. The van der Waals surface area contributed by atoms with E-state index in [2.05, 4.69) is 10.3 Å². The van der Waals surface area contributed by atoms with Gasteiger partial charge in [-0.25, -0.2) is 9.59 Å². The average Bonchev–Trinajstić information content (AvgIpc) is 2.96. The number of benzene rings is 1. The zero-order valence-corrected chi connectivity index (χ0v) is 17.6. The zero-order valence-electron chi connectivity index (χ0n) is 17.6. The maximum absolute atomic E-state index is 12.6. The largest absolute Gasteiger partial charge is 0.461 e. The third kappa shape index (κ3) is 5.16. The predicted molar refractivity (Wildman–Crippen MR) is 110 cm³/mol. The molecule has 0 saturated carbocycles. The zero-order chi connectivity index (χ0) is 21.7. The fraction of sp³-hybridized carbons (Fsp3) is 0.381. The molecule has 2 aromatic rings. The first-order valence-electron chi connectivity index (χ1n) is 9.31. The number of amides is 1. The molecule has 0 bridgehead atoms. The van der Waals surface area contributed by atoms with Crippen molar-refractivity contribution in [3.63, 3.8) is 0 Å². The predicted octanol–water partition coefficient (Wildman–Crippen LogP) is 3.06. The number of nitrogens with zero attached hydrogens (tertiary/aromatic N) is 1. The molecule has 0 radical (unpaired) electrons. The molecule has 1 amide bonds. The number of carbonyl (C=O) groups is 3. The minimum atomic E-state index is -1.02. The van der Waals surface area contributed by atoms with Crippen molar-refractivity contribution in [2.24, 2.45) is 0 Å². The summed E-state index contributed by atoms with van der Waals surface area (Å²) < 4.78 is 10.3. The van der Waals surface area contributed by atoms with Crippen molar-refractivity contribution in [3.05, 3.63) is 46.8 Å². The lowest BCUT2D eigenvalue weighted by Gasteiger charge is -2.15. The SMILES string of the molecule is CCOC(=O)c1[nH]c(C)c(C(=O)OC(C)C(=O)Nc2ccc(N(C)C)cc2)c1C. The highest BCUT2D eigenvalue weighted by atomic mass is 16.5. The first-order valence-corrected chi connectivity index (χ1v) is 9.31. The second-order valence-corrected chi connectivity index (χ2v) is 6.82. The van der Waals surface area contributed by atoms with E-state index in [1.54, 1.807) is 32.9 Å². The van der Waals surface area contributed by atoms with Gasteiger partial charge in [0.1, 0.15) is 5.69 Å². The Labute approximate surface area is 170 Å². The van der Waals surface area contributed by atoms with Gasteiger partial charge < -0.3 is 24.7 Å². The quantitative estimate of drug-likeness (QED) is 0.692. The summed E-state index contributed by atoms with van der Waals surface area (Å²) in [4.78, 5) is 41.8. The van der Waals surface area contributed by atoms with Gasteiger partial charge in [0, 0.05) is 31.2 Å². The summed E-state index contributed by atoms with van der Waals surface area (Å²) in [7, 11) is 3.85. The summed E-state index contributed by atoms with van der Waals surface area (Å²) in [6.45, 7) is 6.70. The minimum absolute atomic E-state index is 0.203. The molecule has 0 spiro atoms. The van der Waals surface area contributed by atoms with E-state index in [1.807, 2.05) is 31.1 Å². The molecule has 0 aliphatic rings. The van der Waals surface area contributed by atoms with Crippen molar-refractivity contribution in [3.8, 4) is 0 Å². The third-order valence-corrected chi connectivity index (χ3v) is 4.43. The Bertz CT molecular complexity index is 900. The number of aromatic amines is 1. The molecule has 1 atom stereocenters. The number of esters is 2. The summed E-state index contributed by atoms with van der Waals surface area (Å²) in [6, 6.07) is 7.28. The van der Waals surface area contributed by atoms with Crippen LogP contribution < -0.4 is 10.2 Å². The van der Waals surface area contributed by atoms with Crippen LogP contribution in [-0.4, -0.2) is 49.6 Å². The number of aryl methyl sites for hydroxylation is 1. The van der Waals surface area contributed by atoms with Crippen molar-refractivity contribution >= 4 is 29.2 Å². The number of carbonyl (C=O) groups excluding carboxylic acids is 3. The molecule has 8 heteroatoms. The van der Waals surface area contributed by atoms with Crippen LogP contribution in [0.1, 0.15) is 46.0 Å². The van der Waals surface area contributed by atoms with Gasteiger partial charge in [0.15, 0.2) is 6.10 Å². The van der Waals surface area contributed by atoms with Gasteiger partial charge in [-0.2, -0.15) is 0 Å². The minimum Gasteiger partial charge on any atom is -0.461 e. The number of hydrogen-bond acceptors (Lipinski definition) is 6. The molecule has 1 aromatic carbocycles. The number of ether oxygens (including phenoxy) is 2. The summed E-state index contributed by atoms with van der Waals surface area (Å²) in [5.74, 6) is -1.68. The lowest BCUT2D eigenvalue weighted by molar-refractivity contribution is -0.123. The molecule has 1 heterocycles. The van der Waals surface area contributed by atoms with Crippen molar-refractivity contribution in [1.29, 1.82) is 0 Å². The third-order valence-electron chi connectivity index (χ3n) is 4.43. The summed E-state index contributed by atoms with van der Waals surface area (Å²) in [5, 5.41) is 2.72. The van der Waals surface area contributed by atoms with E-state index in [1.165, 1.54) is 6.92 Å². The Hall–Kier alpha value is -3.29. The first-order chi connectivity index (χ1) is 13.6. The Kier molecular flexibility index (Phi) is 7.03. The van der Waals surface area contributed by atoms with Gasteiger partial charge >= 0.3 is 11.9 Å². The molecular formula is C21H27N3O5. The fourth-order valence-electron chi connectivity index (χ4n) is 2.82. The van der Waals surface area contributed by atoms with Crippen LogP contribution in [0.3, 0.4) is 0 Å². The van der Waals surface area contributed by atoms with E-state index in [0.717, 1.165) is 5.69 Å². The summed E-state index contributed by atoms with van der Waals surface area (Å²) >= 11 is 0. The van der Waals surface area contributed by atoms with Crippen molar-refractivity contribution in [2.75, 3.05) is 30.9 Å². The molecule has 2 rings (SSSR count). The molecule has 156 valence electrons. The molecule has 1 aromatic heterocycles. The summed E-state index contributed by atoms with van der Waals surface area (Å²) in [6.07, 6.45) is -1.02. The van der Waals surface area contributed by atoms with Crippen LogP contribution in [0.5, 0.6) is 0 Å². The highest BCUT2D eigenvalue weighted by molar-refractivity contribution is 6.01. The van der Waals surface area contributed by atoms with Crippen LogP contribution in [0, 0.1) is 13.8 Å². The van der Waals surface area contributed by atoms with Crippen LogP contribution >= 0.6 is 0 Å². The van der Waals surface area contributed by atoms with E-state index >= 15 is 0 Å². The maximum atomic E-state index is 12.6. The second-order valence-electron chi connectivity index (χ2n) is 6.82. The van der Waals surface area contributed by atoms with Crippen LogP contribution in [0.2, 0.25) is 0 Å². The van der Waals surface area contributed by atoms with Gasteiger partial charge in [-0.1, -0.05) is 0 Å². The molecule has 0 aliphatic heterocycles. The standard InChI is InChI=1S/C21H27N3O5/c1-7-28-21(27)18-12(2)17(13(3)22-18)20(26)29-14(4)19(25)23-15-8-10-16(11-9-15)24(5)6/h8-11,14,22H,7H2,1-6H3,(H,23,25). The van der Waals surface area contributed by atoms with Crippen LogP contribution in [0.25, 0.3) is 0 Å². The van der Waals surface area contributed by atoms with Gasteiger partial charge in [-0.05, 0) is 57.5 Å². The number of anilines is 2. The normalized spacial score (nSPS) is 11.5. The second kappa shape index (κ2) is 9.27. The lowest BCUT2D eigenvalue weighted by atomic mass is 10.1. The van der Waals surface area contributed by atoms with Gasteiger partial charge in [0.2, 0.25) is 0 Å². The first kappa shape index (κ1) is 22.0. The number of hydrogen-bond donors (Lipinski definition) is 2. The van der Waals surface area contributed by atoms with Crippen LogP contribution in [0.4, 0.5) is 11.4 Å². The Morgan fingerprint density at radius 1 is 1.10 bits per heavy atom. The summed E-state index contributed by atoms with van der Waals surface area (Å²) in [5.41, 5.74) is 2.93. The van der Waals surface area contributed by atoms with Crippen LogP contribution in [-0.2, 0) is 14.3 Å². The Balaban J connectivity index is 2.06. The number of aromatic nitrogens is 1. The van der Waals surface area contributed by atoms with Gasteiger partial charge in [0.25, 0.3) is 5.91 Å². The molecule has 1 unspecified atom stereocenters. The highest BCUT2D eigenvalue weighted by Gasteiger charge is 2.26. The molecule has 29 heavy (non-hydrogen) atoms. The van der Waals surface area contributed by atoms with Crippen LogP contribution in [0.15, 0.2) is 24.3 Å². The van der Waals surface area contributed by atoms with E-state index in [9.17, 15) is 14.4 Å². The van der Waals surface area contributed by atoms with E-state index in [0.29, 0.717) is 16.9 Å². The van der Waals surface area contributed by atoms with Gasteiger partial charge in [-0.15, -0.1) is 0 Å². The van der Waals surface area contributed by atoms with Crippen molar-refractivity contribution in [2.45, 2.75) is 33.8 Å². The Morgan fingerprint density at radius 3 is 2.28 bits per heavy atom. The Morgan fingerprint density at radius 2 is 1.72 bits per heavy atom. The van der Waals surface area contributed by atoms with E-state index in [4.69, 9.17) is 9.47 Å². The maximum Gasteiger partial charge on any atom is 0.355 e. The number of nitrogens with one attached hydrogen (secondary N) is 2. The average molecular weight is 401 g/mol. The highest BCUT2D eigenvalue weighted by Crippen LogP contribution is 2.21. The number of rotatable bonds is 7.